The zero-order chi connectivity index (χ0) is 25.2. The van der Waals surface area contributed by atoms with Crippen LogP contribution in [0.15, 0.2) is 35.5 Å². The first kappa shape index (κ1) is 24.5. The van der Waals surface area contributed by atoms with Crippen LogP contribution in [0.5, 0.6) is 0 Å². The van der Waals surface area contributed by atoms with Crippen molar-refractivity contribution in [1.29, 1.82) is 0 Å². The minimum Gasteiger partial charge on any atom is -0.396 e. The Balaban J connectivity index is 0.000000157. The summed E-state index contributed by atoms with van der Waals surface area (Å²) in [6.45, 7) is 0.115. The summed E-state index contributed by atoms with van der Waals surface area (Å²) < 4.78 is 8.80. The van der Waals surface area contributed by atoms with Crippen molar-refractivity contribution in [2.75, 3.05) is 35.8 Å². The summed E-state index contributed by atoms with van der Waals surface area (Å²) in [7, 11) is 0. The van der Waals surface area contributed by atoms with Crippen molar-refractivity contribution in [2.24, 2.45) is 5.92 Å². The quantitative estimate of drug-likeness (QED) is 0.286. The highest BCUT2D eigenvalue weighted by Crippen LogP contribution is 2.33. The Morgan fingerprint density at radius 3 is 2.64 bits per heavy atom. The summed E-state index contributed by atoms with van der Waals surface area (Å²) >= 11 is 1.47. The molecule has 4 heterocycles. The van der Waals surface area contributed by atoms with Gasteiger partial charge in [-0.3, -0.25) is 4.57 Å². The predicted molar refractivity (Wildman–Crippen MR) is 136 cm³/mol. The number of rotatable bonds is 6. The third-order valence-corrected chi connectivity index (χ3v) is 7.25. The first-order valence-corrected chi connectivity index (χ1v) is 12.8. The van der Waals surface area contributed by atoms with Gasteiger partial charge in [0.2, 0.25) is 5.95 Å². The van der Waals surface area contributed by atoms with Crippen LogP contribution in [-0.2, 0) is 4.74 Å². The molecule has 0 radical (unpaired) electrons. The fraction of sp³-hybridized carbons (Fsp3) is 0.500. The molecule has 0 aromatic carbocycles. The van der Waals surface area contributed by atoms with E-state index in [4.69, 9.17) is 21.3 Å². The molecule has 2 fully saturated rings. The Bertz CT molecular complexity index is 1310. The van der Waals surface area contributed by atoms with Crippen LogP contribution in [0.3, 0.4) is 0 Å². The largest absolute Gasteiger partial charge is 0.396 e. The standard InChI is InChI=1S/C14H18N6O.C8H11N3O3S/c15-14-18-12(17-9-2-3-9)11-13(19-14)20(7-16-11)10-4-1-8(5-10)6-21;9-5-1-2-11(8(13)10-5)6-4-15-7(3-12)14-6/h1,4,7-10,21H,2-3,5-6H2,(H3,15,17,18,19);1-2,6-7,12H,3-4H2,(H2,9,10,13)/t8-,10+;6-,7+/m11/s1. The first-order chi connectivity index (χ1) is 17.4. The number of hydrogen-bond acceptors (Lipinski definition) is 12. The average molecular weight is 516 g/mol. The second kappa shape index (κ2) is 10.4. The third-order valence-electron chi connectivity index (χ3n) is 6.14. The van der Waals surface area contributed by atoms with E-state index in [1.54, 1.807) is 18.6 Å². The molecule has 3 aromatic rings. The number of aliphatic hydroxyl groups is 2. The fourth-order valence-corrected chi connectivity index (χ4v) is 5.05. The van der Waals surface area contributed by atoms with E-state index in [0.717, 1.165) is 36.2 Å². The predicted octanol–water partition coefficient (Wildman–Crippen LogP) is 0.498. The van der Waals surface area contributed by atoms with Crippen LogP contribution < -0.4 is 22.5 Å². The highest BCUT2D eigenvalue weighted by Gasteiger charge is 2.28. The van der Waals surface area contributed by atoms with Crippen LogP contribution in [0.2, 0.25) is 0 Å². The third kappa shape index (κ3) is 5.31. The van der Waals surface area contributed by atoms with Gasteiger partial charge in [0, 0.05) is 30.5 Å². The number of nitrogen functional groups attached to an aromatic ring is 2. The number of imidazole rings is 1. The monoisotopic (exact) mass is 515 g/mol. The maximum Gasteiger partial charge on any atom is 0.351 e. The molecule has 1 saturated carbocycles. The summed E-state index contributed by atoms with van der Waals surface area (Å²) in [4.78, 5) is 28.1. The number of hydrogen-bond donors (Lipinski definition) is 5. The Kier molecular flexibility index (Phi) is 7.09. The summed E-state index contributed by atoms with van der Waals surface area (Å²) in [6.07, 6.45) is 10.3. The number of fused-ring (bicyclic) bond motifs is 1. The zero-order valence-electron chi connectivity index (χ0n) is 19.5. The van der Waals surface area contributed by atoms with Crippen molar-refractivity contribution in [3.05, 3.63) is 41.2 Å². The molecular weight excluding hydrogens is 486 g/mol. The molecule has 1 aliphatic heterocycles. The summed E-state index contributed by atoms with van der Waals surface area (Å²) in [6, 6.07) is 2.19. The van der Waals surface area contributed by atoms with Gasteiger partial charge in [0.25, 0.3) is 0 Å². The number of thioether (sulfide) groups is 1. The second-order valence-electron chi connectivity index (χ2n) is 8.88. The van der Waals surface area contributed by atoms with E-state index in [9.17, 15) is 9.90 Å². The molecular formula is C22H29N9O4S. The maximum atomic E-state index is 11.4. The summed E-state index contributed by atoms with van der Waals surface area (Å²) in [5.74, 6) is 2.00. The van der Waals surface area contributed by atoms with Crippen LogP contribution >= 0.6 is 11.8 Å². The number of aliphatic hydroxyl groups excluding tert-OH is 2. The second-order valence-corrected chi connectivity index (χ2v) is 10.1. The maximum absolute atomic E-state index is 11.4. The average Bonchev–Trinajstić information content (AvgIpc) is 3.25. The fourth-order valence-electron chi connectivity index (χ4n) is 4.12. The lowest BCUT2D eigenvalue weighted by molar-refractivity contribution is -0.00629. The molecule has 7 N–H and O–H groups in total. The molecule has 6 rings (SSSR count). The van der Waals surface area contributed by atoms with E-state index in [-0.39, 0.29) is 48.6 Å². The van der Waals surface area contributed by atoms with E-state index in [1.165, 1.54) is 16.3 Å². The normalized spacial score (nSPS) is 25.2. The van der Waals surface area contributed by atoms with Gasteiger partial charge in [-0.25, -0.2) is 9.78 Å². The molecule has 0 bridgehead atoms. The summed E-state index contributed by atoms with van der Waals surface area (Å²) in [5, 5.41) is 21.5. The number of allylic oxidation sites excluding steroid dienone is 1. The van der Waals surface area contributed by atoms with Crippen LogP contribution in [0.25, 0.3) is 11.2 Å². The van der Waals surface area contributed by atoms with Crippen LogP contribution in [0.1, 0.15) is 31.5 Å². The van der Waals surface area contributed by atoms with Gasteiger partial charge < -0.3 is 36.3 Å². The molecule has 0 unspecified atom stereocenters. The Morgan fingerprint density at radius 2 is 1.97 bits per heavy atom. The van der Waals surface area contributed by atoms with E-state index in [1.807, 2.05) is 10.6 Å². The van der Waals surface area contributed by atoms with Crippen LogP contribution in [0.4, 0.5) is 17.6 Å². The number of ether oxygens (including phenoxy) is 1. The Hall–Kier alpha value is -3.20. The van der Waals surface area contributed by atoms with Crippen LogP contribution in [0, 0.1) is 5.92 Å². The van der Waals surface area contributed by atoms with E-state index >= 15 is 0 Å². The molecule has 13 nitrogen and oxygen atoms in total. The first-order valence-electron chi connectivity index (χ1n) is 11.7. The van der Waals surface area contributed by atoms with Gasteiger partial charge in [0.1, 0.15) is 17.5 Å². The van der Waals surface area contributed by atoms with Crippen LogP contribution in [-0.4, -0.2) is 69.7 Å². The Labute approximate surface area is 210 Å². The molecule has 2 aliphatic carbocycles. The number of nitrogens with two attached hydrogens (primary N) is 2. The molecule has 0 amide bonds. The van der Waals surface area contributed by atoms with Crippen molar-refractivity contribution >= 4 is 40.5 Å². The lowest BCUT2D eigenvalue weighted by atomic mass is 10.1. The number of nitrogens with one attached hydrogen (secondary N) is 1. The minimum atomic E-state index is -0.431. The van der Waals surface area contributed by atoms with E-state index < -0.39 is 5.69 Å². The van der Waals surface area contributed by atoms with Gasteiger partial charge in [-0.05, 0) is 25.3 Å². The Morgan fingerprint density at radius 1 is 1.14 bits per heavy atom. The molecule has 3 aromatic heterocycles. The van der Waals surface area contributed by atoms with Gasteiger partial charge in [-0.15, -0.1) is 11.8 Å². The molecule has 4 atom stereocenters. The lowest BCUT2D eigenvalue weighted by Crippen LogP contribution is -2.28. The zero-order valence-corrected chi connectivity index (χ0v) is 20.3. The van der Waals surface area contributed by atoms with Gasteiger partial charge in [0.15, 0.2) is 17.0 Å². The highest BCUT2D eigenvalue weighted by molar-refractivity contribution is 8.00. The smallest absolute Gasteiger partial charge is 0.351 e. The lowest BCUT2D eigenvalue weighted by Gasteiger charge is -2.13. The number of nitrogens with zero attached hydrogens (tertiary/aromatic N) is 6. The van der Waals surface area contributed by atoms with Gasteiger partial charge in [0.05, 0.1) is 19.0 Å². The summed E-state index contributed by atoms with van der Waals surface area (Å²) in [5.41, 5.74) is 12.0. The van der Waals surface area contributed by atoms with Crippen molar-refractivity contribution < 1.29 is 14.9 Å². The highest BCUT2D eigenvalue weighted by atomic mass is 32.2. The van der Waals surface area contributed by atoms with Crippen molar-refractivity contribution in [3.63, 3.8) is 0 Å². The van der Waals surface area contributed by atoms with Gasteiger partial charge in [-0.1, -0.05) is 12.2 Å². The molecule has 36 heavy (non-hydrogen) atoms. The molecule has 0 spiro atoms. The van der Waals surface area contributed by atoms with E-state index in [2.05, 4.69) is 31.3 Å². The topological polar surface area (TPSA) is 192 Å². The number of aromatic nitrogens is 6. The van der Waals surface area contributed by atoms with Crippen molar-refractivity contribution in [1.82, 2.24) is 29.1 Å². The van der Waals surface area contributed by atoms with E-state index in [0.29, 0.717) is 11.8 Å². The van der Waals surface area contributed by atoms with Crippen molar-refractivity contribution in [2.45, 2.75) is 43.0 Å². The number of anilines is 3. The molecule has 3 aliphatic rings. The van der Waals surface area contributed by atoms with Gasteiger partial charge in [-0.2, -0.15) is 15.0 Å². The molecule has 1 saturated heterocycles. The SMILES string of the molecule is Nc1ccn([C@H]2CS[C@@H](CO)O2)c(=O)n1.Nc1nc(NC2CC2)c2ncn([C@H]3C=C[C@@H](CO)C3)c2n1. The van der Waals surface area contributed by atoms with Gasteiger partial charge >= 0.3 is 5.69 Å². The molecule has 14 heteroatoms. The molecule has 192 valence electrons. The van der Waals surface area contributed by atoms with Crippen molar-refractivity contribution in [3.8, 4) is 0 Å². The minimum absolute atomic E-state index is 0.0572.